The van der Waals surface area contributed by atoms with E-state index in [9.17, 15) is 4.79 Å². The second-order valence-electron chi connectivity index (χ2n) is 4.48. The summed E-state index contributed by atoms with van der Waals surface area (Å²) in [4.78, 5) is 12.0. The van der Waals surface area contributed by atoms with Gasteiger partial charge in [0, 0.05) is 0 Å². The number of hydrogen-bond donors (Lipinski definition) is 0. The number of carbonyl (C=O) groups excluding carboxylic acids is 1. The van der Waals surface area contributed by atoms with Gasteiger partial charge in [0.25, 0.3) is 0 Å². The Labute approximate surface area is 112 Å². The van der Waals surface area contributed by atoms with Crippen LogP contribution in [0.3, 0.4) is 0 Å². The third kappa shape index (κ3) is 3.02. The van der Waals surface area contributed by atoms with Crippen LogP contribution in [0.5, 0.6) is 0 Å². The van der Waals surface area contributed by atoms with Gasteiger partial charge in [0.15, 0.2) is 0 Å². The molecule has 0 aliphatic carbocycles. The smallest absolute Gasteiger partial charge is 0.344 e. The molecule has 1 aromatic carbocycles. The van der Waals surface area contributed by atoms with Crippen molar-refractivity contribution in [3.8, 4) is 0 Å². The molecule has 19 heavy (non-hydrogen) atoms. The van der Waals surface area contributed by atoms with Gasteiger partial charge in [-0.25, -0.2) is 4.79 Å². The summed E-state index contributed by atoms with van der Waals surface area (Å²) in [6, 6.07) is 7.88. The highest BCUT2D eigenvalue weighted by molar-refractivity contribution is 5.91. The maximum Gasteiger partial charge on any atom is 0.344 e. The van der Waals surface area contributed by atoms with Gasteiger partial charge in [0.2, 0.25) is 0 Å². The molecular formula is C15H17NO3. The molecule has 100 valence electrons. The molecule has 0 amide bonds. The lowest BCUT2D eigenvalue weighted by Gasteiger charge is -2.05. The van der Waals surface area contributed by atoms with Crippen LogP contribution in [0, 0.1) is 13.8 Å². The van der Waals surface area contributed by atoms with Crippen LogP contribution >= 0.6 is 0 Å². The molecule has 0 unspecified atom stereocenters. The van der Waals surface area contributed by atoms with E-state index in [1.807, 2.05) is 38.1 Å². The number of benzene rings is 1. The molecule has 1 heterocycles. The summed E-state index contributed by atoms with van der Waals surface area (Å²) in [5, 5.41) is 3.85. The van der Waals surface area contributed by atoms with Crippen molar-refractivity contribution in [1.82, 2.24) is 5.16 Å². The fourth-order valence-corrected chi connectivity index (χ4v) is 1.94. The Morgan fingerprint density at radius 2 is 2.16 bits per heavy atom. The van der Waals surface area contributed by atoms with E-state index in [1.54, 1.807) is 6.92 Å². The quantitative estimate of drug-likeness (QED) is 0.791. The highest BCUT2D eigenvalue weighted by Gasteiger charge is 2.20. The van der Waals surface area contributed by atoms with Crippen molar-refractivity contribution in [3.63, 3.8) is 0 Å². The lowest BCUT2D eigenvalue weighted by molar-refractivity contribution is 0.0469. The van der Waals surface area contributed by atoms with E-state index in [1.165, 1.54) is 0 Å². The third-order valence-corrected chi connectivity index (χ3v) is 2.92. The van der Waals surface area contributed by atoms with E-state index in [0.29, 0.717) is 23.4 Å². The standard InChI is InChI=1S/C15H17NO3/c1-4-13-14(11(3)19-16-13)15(17)18-9-12-7-5-6-10(2)8-12/h5-8H,4,9H2,1-3H3. The van der Waals surface area contributed by atoms with Crippen molar-refractivity contribution < 1.29 is 14.1 Å². The van der Waals surface area contributed by atoms with Crippen molar-refractivity contribution in [2.24, 2.45) is 0 Å². The lowest BCUT2D eigenvalue weighted by atomic mass is 10.1. The van der Waals surface area contributed by atoms with E-state index in [-0.39, 0.29) is 12.6 Å². The van der Waals surface area contributed by atoms with Crippen LogP contribution in [0.15, 0.2) is 28.8 Å². The molecule has 0 aliphatic heterocycles. The highest BCUT2D eigenvalue weighted by atomic mass is 16.5. The largest absolute Gasteiger partial charge is 0.457 e. The van der Waals surface area contributed by atoms with Crippen LogP contribution < -0.4 is 0 Å². The second kappa shape index (κ2) is 5.69. The van der Waals surface area contributed by atoms with E-state index in [2.05, 4.69) is 5.16 Å². The first-order valence-corrected chi connectivity index (χ1v) is 6.29. The van der Waals surface area contributed by atoms with Gasteiger partial charge in [-0.2, -0.15) is 0 Å². The van der Waals surface area contributed by atoms with Crippen molar-refractivity contribution >= 4 is 5.97 Å². The topological polar surface area (TPSA) is 52.3 Å². The molecule has 0 saturated heterocycles. The van der Waals surface area contributed by atoms with Crippen molar-refractivity contribution in [3.05, 3.63) is 52.4 Å². The number of esters is 1. The van der Waals surface area contributed by atoms with Gasteiger partial charge < -0.3 is 9.26 Å². The van der Waals surface area contributed by atoms with Crippen LogP contribution in [-0.2, 0) is 17.8 Å². The summed E-state index contributed by atoms with van der Waals surface area (Å²) < 4.78 is 10.3. The fourth-order valence-electron chi connectivity index (χ4n) is 1.94. The van der Waals surface area contributed by atoms with Gasteiger partial charge >= 0.3 is 5.97 Å². The number of aryl methyl sites for hydroxylation is 3. The molecule has 0 N–H and O–H groups in total. The first-order valence-electron chi connectivity index (χ1n) is 6.29. The third-order valence-electron chi connectivity index (χ3n) is 2.92. The second-order valence-corrected chi connectivity index (χ2v) is 4.48. The first-order chi connectivity index (χ1) is 9.11. The molecular weight excluding hydrogens is 242 g/mol. The van der Waals surface area contributed by atoms with Crippen molar-refractivity contribution in [2.75, 3.05) is 0 Å². The highest BCUT2D eigenvalue weighted by Crippen LogP contribution is 2.16. The molecule has 0 spiro atoms. The molecule has 0 saturated carbocycles. The molecule has 0 radical (unpaired) electrons. The number of ether oxygens (including phenoxy) is 1. The van der Waals surface area contributed by atoms with Crippen molar-refractivity contribution in [2.45, 2.75) is 33.8 Å². The minimum absolute atomic E-state index is 0.258. The zero-order valence-electron chi connectivity index (χ0n) is 11.4. The van der Waals surface area contributed by atoms with E-state index < -0.39 is 0 Å². The summed E-state index contributed by atoms with van der Waals surface area (Å²) in [5.41, 5.74) is 3.21. The van der Waals surface area contributed by atoms with Gasteiger partial charge in [-0.3, -0.25) is 0 Å². The maximum atomic E-state index is 12.0. The monoisotopic (exact) mass is 259 g/mol. The number of aromatic nitrogens is 1. The van der Waals surface area contributed by atoms with Crippen molar-refractivity contribution in [1.29, 1.82) is 0 Å². The summed E-state index contributed by atoms with van der Waals surface area (Å²) in [6.07, 6.45) is 0.645. The predicted molar refractivity (Wildman–Crippen MR) is 70.9 cm³/mol. The number of nitrogens with zero attached hydrogens (tertiary/aromatic N) is 1. The van der Waals surface area contributed by atoms with Crippen LogP contribution in [0.4, 0.5) is 0 Å². The predicted octanol–water partition coefficient (Wildman–Crippen LogP) is 3.21. The molecule has 0 aliphatic rings. The normalized spacial score (nSPS) is 10.5. The molecule has 0 fully saturated rings. The number of hydrogen-bond acceptors (Lipinski definition) is 4. The Morgan fingerprint density at radius 1 is 1.37 bits per heavy atom. The van der Waals surface area contributed by atoms with E-state index in [4.69, 9.17) is 9.26 Å². The van der Waals surface area contributed by atoms with Crippen LogP contribution in [0.25, 0.3) is 0 Å². The molecule has 1 aromatic heterocycles. The Hall–Kier alpha value is -2.10. The zero-order valence-corrected chi connectivity index (χ0v) is 11.4. The molecule has 4 heteroatoms. The zero-order chi connectivity index (χ0) is 13.8. The minimum Gasteiger partial charge on any atom is -0.457 e. The molecule has 2 rings (SSSR count). The summed E-state index contributed by atoms with van der Waals surface area (Å²) in [6.45, 7) is 5.91. The first kappa shape index (κ1) is 13.3. The number of carbonyl (C=O) groups is 1. The SMILES string of the molecule is CCc1noc(C)c1C(=O)OCc1cccc(C)c1. The summed E-state index contributed by atoms with van der Waals surface area (Å²) >= 11 is 0. The van der Waals surface area contributed by atoms with Crippen LogP contribution in [-0.4, -0.2) is 11.1 Å². The average molecular weight is 259 g/mol. The maximum absolute atomic E-state index is 12.0. The number of rotatable bonds is 4. The van der Waals surface area contributed by atoms with Gasteiger partial charge in [0.05, 0.1) is 5.69 Å². The molecule has 0 atom stereocenters. The lowest BCUT2D eigenvalue weighted by Crippen LogP contribution is -2.08. The molecule has 4 nitrogen and oxygen atoms in total. The minimum atomic E-state index is -0.378. The summed E-state index contributed by atoms with van der Waals surface area (Å²) in [7, 11) is 0. The Morgan fingerprint density at radius 3 is 2.84 bits per heavy atom. The van der Waals surface area contributed by atoms with Crippen LogP contribution in [0.1, 0.15) is 39.9 Å². The molecule has 2 aromatic rings. The van der Waals surface area contributed by atoms with Gasteiger partial charge in [0.1, 0.15) is 17.9 Å². The fraction of sp³-hybridized carbons (Fsp3) is 0.333. The molecule has 0 bridgehead atoms. The Kier molecular flexibility index (Phi) is 4.00. The van der Waals surface area contributed by atoms with Gasteiger partial charge in [-0.15, -0.1) is 0 Å². The van der Waals surface area contributed by atoms with Gasteiger partial charge in [-0.1, -0.05) is 41.9 Å². The van der Waals surface area contributed by atoms with Gasteiger partial charge in [-0.05, 0) is 25.8 Å². The average Bonchev–Trinajstić information content (AvgIpc) is 2.77. The van der Waals surface area contributed by atoms with E-state index in [0.717, 1.165) is 11.1 Å². The Bertz CT molecular complexity index is 587. The Balaban J connectivity index is 2.07. The van der Waals surface area contributed by atoms with E-state index >= 15 is 0 Å². The van der Waals surface area contributed by atoms with Crippen LogP contribution in [0.2, 0.25) is 0 Å². The summed E-state index contributed by atoms with van der Waals surface area (Å²) in [5.74, 6) is 0.128.